The van der Waals surface area contributed by atoms with E-state index in [-0.39, 0.29) is 23.3 Å². The standard InChI is InChI=1S/C18H18ClFN4O3/c19-15-9-13(3-6-16(25)24-27)10-22-18(15)23-11-17(26)21-8-7-12-1-4-14(20)5-2-12/h1-6,9-10,27H,7-8,11H2,(H,21,26)(H,22,23)(H,24,25). The topological polar surface area (TPSA) is 103 Å². The summed E-state index contributed by atoms with van der Waals surface area (Å²) in [5.74, 6) is -0.882. The van der Waals surface area contributed by atoms with Crippen molar-refractivity contribution in [1.82, 2.24) is 15.8 Å². The van der Waals surface area contributed by atoms with Crippen molar-refractivity contribution >= 4 is 35.3 Å². The number of halogens is 2. The molecule has 0 aliphatic carbocycles. The molecule has 2 aromatic rings. The summed E-state index contributed by atoms with van der Waals surface area (Å²) in [6, 6.07) is 7.65. The highest BCUT2D eigenvalue weighted by Gasteiger charge is 2.06. The van der Waals surface area contributed by atoms with E-state index in [1.54, 1.807) is 18.2 Å². The highest BCUT2D eigenvalue weighted by atomic mass is 35.5. The van der Waals surface area contributed by atoms with Gasteiger partial charge in [0.1, 0.15) is 11.6 Å². The highest BCUT2D eigenvalue weighted by Crippen LogP contribution is 2.20. The van der Waals surface area contributed by atoms with Crippen LogP contribution in [0.25, 0.3) is 6.08 Å². The first-order valence-corrected chi connectivity index (χ1v) is 8.38. The number of hydrogen-bond acceptors (Lipinski definition) is 5. The summed E-state index contributed by atoms with van der Waals surface area (Å²) in [6.07, 6.45) is 4.60. The summed E-state index contributed by atoms with van der Waals surface area (Å²) < 4.78 is 12.8. The Bertz CT molecular complexity index is 828. The van der Waals surface area contributed by atoms with Crippen LogP contribution < -0.4 is 16.1 Å². The summed E-state index contributed by atoms with van der Waals surface area (Å²) in [4.78, 5) is 26.9. The maximum absolute atomic E-state index is 12.8. The van der Waals surface area contributed by atoms with Crippen LogP contribution in [0, 0.1) is 5.82 Å². The predicted octanol–water partition coefficient (Wildman–Crippen LogP) is 2.16. The molecule has 0 saturated carbocycles. The zero-order valence-electron chi connectivity index (χ0n) is 14.2. The number of anilines is 1. The van der Waals surface area contributed by atoms with Crippen molar-refractivity contribution < 1.29 is 19.2 Å². The maximum atomic E-state index is 12.8. The van der Waals surface area contributed by atoms with Crippen molar-refractivity contribution in [2.24, 2.45) is 0 Å². The predicted molar refractivity (Wildman–Crippen MR) is 99.8 cm³/mol. The second-order valence-corrected chi connectivity index (χ2v) is 5.90. The molecular formula is C18H18ClFN4O3. The normalized spacial score (nSPS) is 10.6. The van der Waals surface area contributed by atoms with Crippen molar-refractivity contribution in [3.63, 3.8) is 0 Å². The second kappa shape index (κ2) is 10.2. The number of hydrogen-bond donors (Lipinski definition) is 4. The molecule has 1 heterocycles. The van der Waals surface area contributed by atoms with E-state index in [0.29, 0.717) is 24.3 Å². The SMILES string of the molecule is O=C(C=Cc1cnc(NCC(=O)NCCc2ccc(F)cc2)c(Cl)c1)NO. The summed E-state index contributed by atoms with van der Waals surface area (Å²) in [7, 11) is 0. The van der Waals surface area contributed by atoms with Gasteiger partial charge in [-0.25, -0.2) is 14.9 Å². The molecule has 0 bridgehead atoms. The van der Waals surface area contributed by atoms with E-state index < -0.39 is 5.91 Å². The van der Waals surface area contributed by atoms with Crippen molar-refractivity contribution in [2.75, 3.05) is 18.4 Å². The lowest BCUT2D eigenvalue weighted by atomic mass is 10.1. The van der Waals surface area contributed by atoms with Gasteiger partial charge < -0.3 is 10.6 Å². The first-order valence-electron chi connectivity index (χ1n) is 8.00. The van der Waals surface area contributed by atoms with Gasteiger partial charge in [-0.1, -0.05) is 23.7 Å². The Hall–Kier alpha value is -2.97. The first-order chi connectivity index (χ1) is 13.0. The Labute approximate surface area is 160 Å². The van der Waals surface area contributed by atoms with Crippen LogP contribution >= 0.6 is 11.6 Å². The number of nitrogens with zero attached hydrogens (tertiary/aromatic N) is 1. The Morgan fingerprint density at radius 2 is 2.00 bits per heavy atom. The minimum atomic E-state index is -0.675. The zero-order valence-corrected chi connectivity index (χ0v) is 15.0. The monoisotopic (exact) mass is 392 g/mol. The van der Waals surface area contributed by atoms with Gasteiger partial charge in [-0.2, -0.15) is 0 Å². The molecule has 0 atom stereocenters. The van der Waals surface area contributed by atoms with Gasteiger partial charge in [-0.3, -0.25) is 14.8 Å². The molecular weight excluding hydrogens is 375 g/mol. The fourth-order valence-corrected chi connectivity index (χ4v) is 2.35. The number of carbonyl (C=O) groups excluding carboxylic acids is 2. The van der Waals surface area contributed by atoms with E-state index >= 15 is 0 Å². The number of nitrogens with one attached hydrogen (secondary N) is 3. The van der Waals surface area contributed by atoms with Crippen LogP contribution in [-0.2, 0) is 16.0 Å². The number of aromatic nitrogens is 1. The van der Waals surface area contributed by atoms with E-state index in [4.69, 9.17) is 16.8 Å². The molecule has 0 spiro atoms. The number of hydroxylamine groups is 1. The minimum Gasteiger partial charge on any atom is -0.360 e. The Kier molecular flexibility index (Phi) is 7.72. The van der Waals surface area contributed by atoms with Crippen molar-refractivity contribution in [3.05, 3.63) is 64.6 Å². The number of amides is 2. The first kappa shape index (κ1) is 20.3. The molecule has 0 fully saturated rings. The lowest BCUT2D eigenvalue weighted by Gasteiger charge is -2.09. The molecule has 0 aliphatic heterocycles. The average Bonchev–Trinajstić information content (AvgIpc) is 2.66. The van der Waals surface area contributed by atoms with Crippen LogP contribution in [0.5, 0.6) is 0 Å². The fourth-order valence-electron chi connectivity index (χ4n) is 2.11. The van der Waals surface area contributed by atoms with E-state index in [1.807, 2.05) is 0 Å². The Morgan fingerprint density at radius 1 is 1.26 bits per heavy atom. The van der Waals surface area contributed by atoms with Crippen molar-refractivity contribution in [1.29, 1.82) is 0 Å². The van der Waals surface area contributed by atoms with Crippen molar-refractivity contribution in [3.8, 4) is 0 Å². The average molecular weight is 393 g/mol. The highest BCUT2D eigenvalue weighted by molar-refractivity contribution is 6.33. The van der Waals surface area contributed by atoms with Crippen LogP contribution in [0.2, 0.25) is 5.02 Å². The number of rotatable bonds is 8. The van der Waals surface area contributed by atoms with Crippen LogP contribution in [0.4, 0.5) is 10.2 Å². The number of pyridine rings is 1. The summed E-state index contributed by atoms with van der Waals surface area (Å²) in [5.41, 5.74) is 2.95. The maximum Gasteiger partial charge on any atom is 0.267 e. The fraction of sp³-hybridized carbons (Fsp3) is 0.167. The Balaban J connectivity index is 1.78. The molecule has 1 aromatic carbocycles. The van der Waals surface area contributed by atoms with Crippen LogP contribution in [0.15, 0.2) is 42.6 Å². The van der Waals surface area contributed by atoms with Gasteiger partial charge in [0.25, 0.3) is 5.91 Å². The van der Waals surface area contributed by atoms with E-state index in [1.165, 1.54) is 29.9 Å². The Morgan fingerprint density at radius 3 is 2.67 bits per heavy atom. The summed E-state index contributed by atoms with van der Waals surface area (Å²) >= 11 is 6.09. The van der Waals surface area contributed by atoms with Gasteiger partial charge in [0, 0.05) is 18.8 Å². The van der Waals surface area contributed by atoms with Gasteiger partial charge in [0.05, 0.1) is 11.6 Å². The van der Waals surface area contributed by atoms with Gasteiger partial charge in [-0.15, -0.1) is 0 Å². The molecule has 4 N–H and O–H groups in total. The molecule has 0 saturated heterocycles. The molecule has 142 valence electrons. The smallest absolute Gasteiger partial charge is 0.267 e. The molecule has 0 unspecified atom stereocenters. The van der Waals surface area contributed by atoms with Gasteiger partial charge in [0.15, 0.2) is 0 Å². The van der Waals surface area contributed by atoms with Crippen LogP contribution in [0.1, 0.15) is 11.1 Å². The molecule has 9 heteroatoms. The number of benzene rings is 1. The third-order valence-electron chi connectivity index (χ3n) is 3.47. The largest absolute Gasteiger partial charge is 0.360 e. The second-order valence-electron chi connectivity index (χ2n) is 5.49. The molecule has 1 aromatic heterocycles. The molecule has 0 aliphatic rings. The van der Waals surface area contributed by atoms with Crippen molar-refractivity contribution in [2.45, 2.75) is 6.42 Å². The van der Waals surface area contributed by atoms with Crippen LogP contribution in [-0.4, -0.2) is 35.1 Å². The quantitative estimate of drug-likeness (QED) is 0.313. The molecule has 27 heavy (non-hydrogen) atoms. The third kappa shape index (κ3) is 7.04. The zero-order chi connectivity index (χ0) is 19.6. The molecule has 2 amide bonds. The van der Waals surface area contributed by atoms with Gasteiger partial charge >= 0.3 is 0 Å². The number of carbonyl (C=O) groups is 2. The third-order valence-corrected chi connectivity index (χ3v) is 3.75. The van der Waals surface area contributed by atoms with Gasteiger partial charge in [-0.05, 0) is 41.8 Å². The minimum absolute atomic E-state index is 0.0156. The van der Waals surface area contributed by atoms with E-state index in [9.17, 15) is 14.0 Å². The molecule has 2 rings (SSSR count). The summed E-state index contributed by atoms with van der Waals surface area (Å²) in [5, 5.41) is 14.3. The lowest BCUT2D eigenvalue weighted by molar-refractivity contribution is -0.124. The lowest BCUT2D eigenvalue weighted by Crippen LogP contribution is -2.31. The van der Waals surface area contributed by atoms with E-state index in [2.05, 4.69) is 15.6 Å². The summed E-state index contributed by atoms with van der Waals surface area (Å²) in [6.45, 7) is 0.405. The van der Waals surface area contributed by atoms with E-state index in [0.717, 1.165) is 11.6 Å². The van der Waals surface area contributed by atoms with Gasteiger partial charge in [0.2, 0.25) is 5.91 Å². The molecule has 0 radical (unpaired) electrons. The molecule has 7 nitrogen and oxygen atoms in total. The van der Waals surface area contributed by atoms with Crippen LogP contribution in [0.3, 0.4) is 0 Å².